The molecule has 4 rings (SSSR count). The van der Waals surface area contributed by atoms with Gasteiger partial charge in [-0.1, -0.05) is 12.1 Å². The van der Waals surface area contributed by atoms with Gasteiger partial charge in [0.25, 0.3) is 0 Å². The van der Waals surface area contributed by atoms with Crippen molar-refractivity contribution in [2.75, 3.05) is 44.9 Å². The topological polar surface area (TPSA) is 88.2 Å². The minimum Gasteiger partial charge on any atom is -0.497 e. The molecule has 1 N–H and O–H groups in total. The van der Waals surface area contributed by atoms with E-state index < -0.39 is 10.0 Å². The number of sulfonamides is 1. The van der Waals surface area contributed by atoms with E-state index in [1.807, 2.05) is 31.2 Å². The first-order valence-corrected chi connectivity index (χ1v) is 12.7. The van der Waals surface area contributed by atoms with E-state index in [1.165, 1.54) is 6.92 Å². The average molecular weight is 474 g/mol. The van der Waals surface area contributed by atoms with Crippen LogP contribution in [0.25, 0.3) is 0 Å². The summed E-state index contributed by atoms with van der Waals surface area (Å²) < 4.78 is 39.9. The molecule has 33 heavy (non-hydrogen) atoms. The van der Waals surface area contributed by atoms with Crippen LogP contribution in [0.15, 0.2) is 47.4 Å². The molecule has 2 heterocycles. The van der Waals surface area contributed by atoms with Crippen LogP contribution in [0.5, 0.6) is 5.75 Å². The minimum absolute atomic E-state index is 0.0178. The Bertz CT molecular complexity index is 1100. The van der Waals surface area contributed by atoms with Crippen molar-refractivity contribution in [3.63, 3.8) is 0 Å². The number of fused-ring (bicyclic) bond motifs is 1. The lowest BCUT2D eigenvalue weighted by atomic mass is 10.0. The van der Waals surface area contributed by atoms with Crippen LogP contribution in [0.4, 0.5) is 5.69 Å². The maximum Gasteiger partial charge on any atom is 0.240 e. The Morgan fingerprint density at radius 3 is 2.52 bits per heavy atom. The molecule has 2 aliphatic rings. The Morgan fingerprint density at radius 2 is 1.88 bits per heavy atom. The number of rotatable bonds is 7. The Labute approximate surface area is 195 Å². The summed E-state index contributed by atoms with van der Waals surface area (Å²) in [6.45, 7) is 6.44. The normalized spacial score (nSPS) is 19.8. The van der Waals surface area contributed by atoms with Gasteiger partial charge in [0.1, 0.15) is 5.75 Å². The molecular formula is C24H31N3O5S. The quantitative estimate of drug-likeness (QED) is 0.664. The van der Waals surface area contributed by atoms with Crippen LogP contribution in [0.1, 0.15) is 31.0 Å². The smallest absolute Gasteiger partial charge is 0.240 e. The number of ether oxygens (including phenoxy) is 2. The van der Waals surface area contributed by atoms with Crippen LogP contribution < -0.4 is 14.4 Å². The van der Waals surface area contributed by atoms with Gasteiger partial charge in [-0.25, -0.2) is 13.1 Å². The third kappa shape index (κ3) is 5.06. The predicted molar refractivity (Wildman–Crippen MR) is 126 cm³/mol. The lowest BCUT2D eigenvalue weighted by Crippen LogP contribution is -2.43. The van der Waals surface area contributed by atoms with Gasteiger partial charge in [-0.3, -0.25) is 9.69 Å². The summed E-state index contributed by atoms with van der Waals surface area (Å²) in [6.07, 6.45) is 0.639. The van der Waals surface area contributed by atoms with Crippen LogP contribution >= 0.6 is 0 Å². The Morgan fingerprint density at radius 1 is 1.18 bits per heavy atom. The highest BCUT2D eigenvalue weighted by atomic mass is 32.2. The fraction of sp³-hybridized carbons (Fsp3) is 0.458. The Hall–Kier alpha value is -2.46. The zero-order valence-corrected chi connectivity index (χ0v) is 20.1. The summed E-state index contributed by atoms with van der Waals surface area (Å²) in [7, 11) is -2.11. The van der Waals surface area contributed by atoms with Gasteiger partial charge in [0.05, 0.1) is 25.2 Å². The van der Waals surface area contributed by atoms with Gasteiger partial charge in [-0.15, -0.1) is 0 Å². The van der Waals surface area contributed by atoms with Crippen molar-refractivity contribution in [3.05, 3.63) is 53.6 Å². The average Bonchev–Trinajstić information content (AvgIpc) is 3.15. The molecule has 0 bridgehead atoms. The largest absolute Gasteiger partial charge is 0.497 e. The van der Waals surface area contributed by atoms with Gasteiger partial charge < -0.3 is 14.4 Å². The molecule has 1 fully saturated rings. The van der Waals surface area contributed by atoms with Crippen LogP contribution in [0.3, 0.4) is 0 Å². The van der Waals surface area contributed by atoms with Gasteiger partial charge in [-0.05, 0) is 54.8 Å². The number of carbonyl (C=O) groups is 1. The third-order valence-electron chi connectivity index (χ3n) is 6.37. The monoisotopic (exact) mass is 473 g/mol. The van der Waals surface area contributed by atoms with Crippen molar-refractivity contribution < 1.29 is 22.7 Å². The minimum atomic E-state index is -3.73. The highest BCUT2D eigenvalue weighted by molar-refractivity contribution is 7.89. The molecule has 2 atom stereocenters. The number of methoxy groups -OCH3 is 1. The summed E-state index contributed by atoms with van der Waals surface area (Å²) in [5, 5.41) is 0. The first kappa shape index (κ1) is 23.7. The molecular weight excluding hydrogens is 442 g/mol. The lowest BCUT2D eigenvalue weighted by molar-refractivity contribution is -0.116. The number of benzene rings is 2. The van der Waals surface area contributed by atoms with Crippen molar-refractivity contribution in [3.8, 4) is 5.75 Å². The molecule has 2 unspecified atom stereocenters. The first-order chi connectivity index (χ1) is 15.8. The second kappa shape index (κ2) is 9.80. The van der Waals surface area contributed by atoms with Crippen LogP contribution in [-0.2, 0) is 26.0 Å². The van der Waals surface area contributed by atoms with E-state index in [9.17, 15) is 13.2 Å². The summed E-state index contributed by atoms with van der Waals surface area (Å²) in [6, 6.07) is 12.6. The molecule has 2 aromatic rings. The van der Waals surface area contributed by atoms with Crippen LogP contribution in [0.2, 0.25) is 0 Å². The molecule has 0 spiro atoms. The summed E-state index contributed by atoms with van der Waals surface area (Å²) in [4.78, 5) is 16.2. The molecule has 2 aliphatic heterocycles. The third-order valence-corrected chi connectivity index (χ3v) is 7.79. The van der Waals surface area contributed by atoms with Crippen LogP contribution in [-0.4, -0.2) is 65.2 Å². The SMILES string of the molecule is COc1ccc(C(CNS(=O)(=O)c2ccc3c(c2)CC(C)N3C(C)=O)N2CCOCC2)cc1. The van der Waals surface area contributed by atoms with Crippen LogP contribution in [0, 0.1) is 0 Å². The zero-order chi connectivity index (χ0) is 23.6. The number of hydrogen-bond donors (Lipinski definition) is 1. The molecule has 2 aromatic carbocycles. The van der Waals surface area contributed by atoms with E-state index in [4.69, 9.17) is 9.47 Å². The molecule has 0 saturated carbocycles. The second-order valence-electron chi connectivity index (χ2n) is 8.52. The number of nitrogens with one attached hydrogen (secondary N) is 1. The van der Waals surface area contributed by atoms with E-state index >= 15 is 0 Å². The maximum atomic E-state index is 13.2. The molecule has 8 nitrogen and oxygen atoms in total. The number of morpholine rings is 1. The predicted octanol–water partition coefficient (Wildman–Crippen LogP) is 2.34. The standard InChI is InChI=1S/C24H31N3O5S/c1-17-14-20-15-22(8-9-23(20)27(17)18(2)28)33(29,30)25-16-24(26-10-12-32-13-11-26)19-4-6-21(31-3)7-5-19/h4-9,15,17,24-25H,10-14,16H2,1-3H3. The number of carbonyl (C=O) groups excluding carboxylic acids is 1. The molecule has 9 heteroatoms. The first-order valence-electron chi connectivity index (χ1n) is 11.2. The Balaban J connectivity index is 1.54. The fourth-order valence-electron chi connectivity index (χ4n) is 4.70. The number of amides is 1. The van der Waals surface area contributed by atoms with Gasteiger partial charge in [0.15, 0.2) is 0 Å². The van der Waals surface area contributed by atoms with Gasteiger partial charge >= 0.3 is 0 Å². The van der Waals surface area contributed by atoms with Crippen molar-refractivity contribution >= 4 is 21.6 Å². The number of anilines is 1. The van der Waals surface area contributed by atoms with Crippen molar-refractivity contribution in [2.24, 2.45) is 0 Å². The van der Waals surface area contributed by atoms with E-state index in [0.717, 1.165) is 35.7 Å². The van der Waals surface area contributed by atoms with Crippen molar-refractivity contribution in [1.29, 1.82) is 0 Å². The molecule has 0 aromatic heterocycles. The molecule has 0 radical (unpaired) electrons. The molecule has 178 valence electrons. The highest BCUT2D eigenvalue weighted by Crippen LogP contribution is 2.34. The van der Waals surface area contributed by atoms with E-state index in [-0.39, 0.29) is 29.4 Å². The summed E-state index contributed by atoms with van der Waals surface area (Å²) >= 11 is 0. The van der Waals surface area contributed by atoms with Gasteiger partial charge in [-0.2, -0.15) is 0 Å². The van der Waals surface area contributed by atoms with Crippen molar-refractivity contribution in [1.82, 2.24) is 9.62 Å². The summed E-state index contributed by atoms with van der Waals surface area (Å²) in [5.74, 6) is 0.717. The molecule has 0 aliphatic carbocycles. The summed E-state index contributed by atoms with van der Waals surface area (Å²) in [5.41, 5.74) is 2.68. The number of hydrogen-bond acceptors (Lipinski definition) is 6. The van der Waals surface area contributed by atoms with Gasteiger partial charge in [0.2, 0.25) is 15.9 Å². The molecule has 1 saturated heterocycles. The second-order valence-corrected chi connectivity index (χ2v) is 10.3. The zero-order valence-electron chi connectivity index (χ0n) is 19.3. The Kier molecular flexibility index (Phi) is 7.04. The van der Waals surface area contributed by atoms with E-state index in [1.54, 1.807) is 30.2 Å². The number of nitrogens with zero attached hydrogens (tertiary/aromatic N) is 2. The highest BCUT2D eigenvalue weighted by Gasteiger charge is 2.31. The molecule has 1 amide bonds. The maximum absolute atomic E-state index is 13.2. The lowest BCUT2D eigenvalue weighted by Gasteiger charge is -2.35. The fourth-order valence-corrected chi connectivity index (χ4v) is 5.79. The van der Waals surface area contributed by atoms with Gasteiger partial charge in [0, 0.05) is 44.3 Å². The van der Waals surface area contributed by atoms with E-state index in [0.29, 0.717) is 19.6 Å². The van der Waals surface area contributed by atoms with E-state index in [2.05, 4.69) is 9.62 Å². The van der Waals surface area contributed by atoms with Crippen molar-refractivity contribution in [2.45, 2.75) is 37.2 Å².